The summed E-state index contributed by atoms with van der Waals surface area (Å²) in [5.74, 6) is 0.813. The largest absolute Gasteiger partial charge is 0.465 e. The van der Waals surface area contributed by atoms with Gasteiger partial charge in [-0.2, -0.15) is 0 Å². The molecule has 0 fully saturated rings. The molecule has 3 rings (SSSR count). The van der Waals surface area contributed by atoms with Crippen LogP contribution in [0.2, 0.25) is 0 Å². The van der Waals surface area contributed by atoms with E-state index in [0.29, 0.717) is 17.3 Å². The van der Waals surface area contributed by atoms with Gasteiger partial charge in [0.25, 0.3) is 5.91 Å². The van der Waals surface area contributed by atoms with Gasteiger partial charge in [0, 0.05) is 5.69 Å². The van der Waals surface area contributed by atoms with Gasteiger partial charge in [-0.25, -0.2) is 0 Å². The fourth-order valence-corrected chi connectivity index (χ4v) is 2.72. The first-order valence-corrected chi connectivity index (χ1v) is 8.36. The van der Waals surface area contributed by atoms with E-state index in [1.165, 1.54) is 0 Å². The normalized spacial score (nSPS) is 11.6. The number of furan rings is 1. The summed E-state index contributed by atoms with van der Waals surface area (Å²) < 4.78 is 5.39. The summed E-state index contributed by atoms with van der Waals surface area (Å²) in [5.41, 5.74) is 3.36. The van der Waals surface area contributed by atoms with Crippen LogP contribution in [0, 0.1) is 0 Å². The number of carbonyl (C=O) groups is 1. The van der Waals surface area contributed by atoms with E-state index >= 15 is 0 Å². The predicted molar refractivity (Wildman–Crippen MR) is 102 cm³/mol. The van der Waals surface area contributed by atoms with Crippen LogP contribution in [-0.4, -0.2) is 5.91 Å². The number of benzene rings is 2. The highest BCUT2D eigenvalue weighted by Crippen LogP contribution is 2.26. The molecule has 0 aliphatic carbocycles. The topological polar surface area (TPSA) is 42.2 Å². The highest BCUT2D eigenvalue weighted by molar-refractivity contribution is 6.29. The first-order chi connectivity index (χ1) is 12.1. The molecule has 1 amide bonds. The van der Waals surface area contributed by atoms with Crippen LogP contribution in [0.15, 0.2) is 77.4 Å². The van der Waals surface area contributed by atoms with Crippen molar-refractivity contribution in [2.75, 3.05) is 5.32 Å². The Morgan fingerprint density at radius 2 is 1.68 bits per heavy atom. The molecule has 0 aliphatic rings. The molecule has 126 valence electrons. The number of para-hydroxylation sites is 1. The zero-order chi connectivity index (χ0) is 17.6. The Hall–Kier alpha value is -3.07. The fourth-order valence-electron chi connectivity index (χ4n) is 2.72. The van der Waals surface area contributed by atoms with Crippen molar-refractivity contribution in [1.29, 1.82) is 0 Å². The molecule has 3 aromatic rings. The van der Waals surface area contributed by atoms with Crippen LogP contribution in [0.5, 0.6) is 0 Å². The molecule has 0 spiro atoms. The third kappa shape index (κ3) is 4.07. The van der Waals surface area contributed by atoms with E-state index in [0.717, 1.165) is 16.8 Å². The van der Waals surface area contributed by atoms with Crippen molar-refractivity contribution in [2.24, 2.45) is 0 Å². The van der Waals surface area contributed by atoms with Gasteiger partial charge in [0.05, 0.1) is 11.8 Å². The first kappa shape index (κ1) is 16.8. The number of carbonyl (C=O) groups excluding carboxylic acids is 1. The monoisotopic (exact) mass is 331 g/mol. The van der Waals surface area contributed by atoms with Gasteiger partial charge in [0.15, 0.2) is 0 Å². The molecule has 0 unspecified atom stereocenters. The number of hydrogen-bond acceptors (Lipinski definition) is 2. The van der Waals surface area contributed by atoms with Crippen LogP contribution in [0.25, 0.3) is 11.6 Å². The van der Waals surface area contributed by atoms with Crippen molar-refractivity contribution in [2.45, 2.75) is 19.8 Å². The lowest BCUT2D eigenvalue weighted by Gasteiger charge is -2.15. The zero-order valence-electron chi connectivity index (χ0n) is 14.4. The summed E-state index contributed by atoms with van der Waals surface area (Å²) in [6.07, 6.45) is 3.36. The average molecular weight is 331 g/mol. The third-order valence-corrected chi connectivity index (χ3v) is 3.99. The molecular weight excluding hydrogens is 310 g/mol. The van der Waals surface area contributed by atoms with Crippen LogP contribution < -0.4 is 5.32 Å². The molecule has 3 nitrogen and oxygen atoms in total. The molecule has 3 heteroatoms. The number of amides is 1. The van der Waals surface area contributed by atoms with Crippen LogP contribution in [0.1, 0.15) is 36.7 Å². The Kier molecular flexibility index (Phi) is 5.14. The molecule has 0 bridgehead atoms. The van der Waals surface area contributed by atoms with Crippen molar-refractivity contribution >= 4 is 23.2 Å². The maximum atomic E-state index is 13.0. The summed E-state index contributed by atoms with van der Waals surface area (Å²) >= 11 is 0. The molecule has 25 heavy (non-hydrogen) atoms. The van der Waals surface area contributed by atoms with Gasteiger partial charge in [0.1, 0.15) is 5.76 Å². The first-order valence-electron chi connectivity index (χ1n) is 8.36. The van der Waals surface area contributed by atoms with E-state index in [4.69, 9.17) is 4.42 Å². The highest BCUT2D eigenvalue weighted by atomic mass is 16.3. The van der Waals surface area contributed by atoms with Crippen LogP contribution in [0.3, 0.4) is 0 Å². The van der Waals surface area contributed by atoms with E-state index in [2.05, 4.69) is 19.2 Å². The van der Waals surface area contributed by atoms with Gasteiger partial charge in [-0.1, -0.05) is 62.4 Å². The molecule has 0 saturated heterocycles. The third-order valence-electron chi connectivity index (χ3n) is 3.99. The quantitative estimate of drug-likeness (QED) is 0.620. The van der Waals surface area contributed by atoms with Crippen LogP contribution in [-0.2, 0) is 4.79 Å². The maximum absolute atomic E-state index is 13.0. The van der Waals surface area contributed by atoms with Crippen molar-refractivity contribution < 1.29 is 9.21 Å². The smallest absolute Gasteiger partial charge is 0.256 e. The van der Waals surface area contributed by atoms with E-state index in [1.54, 1.807) is 18.4 Å². The second kappa shape index (κ2) is 7.67. The van der Waals surface area contributed by atoms with Gasteiger partial charge < -0.3 is 9.73 Å². The molecule has 0 atom stereocenters. The summed E-state index contributed by atoms with van der Waals surface area (Å²) in [6.45, 7) is 4.23. The number of hydrogen-bond donors (Lipinski definition) is 1. The SMILES string of the molecule is CC(C)c1ccccc1NC(=O)/C(=C/c1ccco1)c1ccccc1. The molecule has 2 aromatic carbocycles. The lowest BCUT2D eigenvalue weighted by molar-refractivity contribution is -0.111. The summed E-state index contributed by atoms with van der Waals surface area (Å²) in [6, 6.07) is 21.1. The molecule has 1 aromatic heterocycles. The van der Waals surface area contributed by atoms with Crippen LogP contribution >= 0.6 is 0 Å². The molecule has 0 radical (unpaired) electrons. The lowest BCUT2D eigenvalue weighted by atomic mass is 10.00. The van der Waals surface area contributed by atoms with Crippen LogP contribution in [0.4, 0.5) is 5.69 Å². The van der Waals surface area contributed by atoms with Crippen molar-refractivity contribution in [3.8, 4) is 0 Å². The number of nitrogens with one attached hydrogen (secondary N) is 1. The Bertz CT molecular complexity index is 862. The summed E-state index contributed by atoms with van der Waals surface area (Å²) in [4.78, 5) is 13.0. The van der Waals surface area contributed by atoms with Crippen molar-refractivity contribution in [3.63, 3.8) is 0 Å². The number of anilines is 1. The molecule has 1 heterocycles. The predicted octanol–water partition coefficient (Wildman–Crippen LogP) is 5.58. The van der Waals surface area contributed by atoms with E-state index in [9.17, 15) is 4.79 Å². The fraction of sp³-hybridized carbons (Fsp3) is 0.136. The molecule has 0 saturated carbocycles. The lowest BCUT2D eigenvalue weighted by Crippen LogP contribution is -2.15. The second-order valence-electron chi connectivity index (χ2n) is 6.14. The Morgan fingerprint density at radius 1 is 0.960 bits per heavy atom. The molecule has 0 aliphatic heterocycles. The molecular formula is C22H21NO2. The minimum Gasteiger partial charge on any atom is -0.465 e. The van der Waals surface area contributed by atoms with Crippen molar-refractivity contribution in [1.82, 2.24) is 0 Å². The zero-order valence-corrected chi connectivity index (χ0v) is 14.4. The van der Waals surface area contributed by atoms with E-state index in [1.807, 2.05) is 60.7 Å². The highest BCUT2D eigenvalue weighted by Gasteiger charge is 2.15. The Balaban J connectivity index is 1.96. The van der Waals surface area contributed by atoms with Gasteiger partial charge in [-0.05, 0) is 41.3 Å². The maximum Gasteiger partial charge on any atom is 0.256 e. The Morgan fingerprint density at radius 3 is 2.36 bits per heavy atom. The van der Waals surface area contributed by atoms with Gasteiger partial charge in [-0.3, -0.25) is 4.79 Å². The number of rotatable bonds is 5. The van der Waals surface area contributed by atoms with Gasteiger partial charge in [-0.15, -0.1) is 0 Å². The van der Waals surface area contributed by atoms with Gasteiger partial charge in [0.2, 0.25) is 0 Å². The van der Waals surface area contributed by atoms with Gasteiger partial charge >= 0.3 is 0 Å². The summed E-state index contributed by atoms with van der Waals surface area (Å²) in [5, 5.41) is 3.05. The molecule has 1 N–H and O–H groups in total. The minimum atomic E-state index is -0.157. The van der Waals surface area contributed by atoms with Crippen molar-refractivity contribution in [3.05, 3.63) is 89.9 Å². The van der Waals surface area contributed by atoms with E-state index < -0.39 is 0 Å². The standard InChI is InChI=1S/C22H21NO2/c1-16(2)19-12-6-7-13-21(19)23-22(24)20(15-18-11-8-14-25-18)17-9-4-3-5-10-17/h3-16H,1-2H3,(H,23,24)/b20-15+. The minimum absolute atomic E-state index is 0.157. The van der Waals surface area contributed by atoms with E-state index in [-0.39, 0.29) is 5.91 Å². The second-order valence-corrected chi connectivity index (χ2v) is 6.14. The average Bonchev–Trinajstić information content (AvgIpc) is 3.14. The Labute approximate surface area is 148 Å². The summed E-state index contributed by atoms with van der Waals surface area (Å²) in [7, 11) is 0.